The van der Waals surface area contributed by atoms with Gasteiger partial charge in [0.25, 0.3) is 5.69 Å². The number of aromatic carboxylic acids is 1. The second-order valence-electron chi connectivity index (χ2n) is 2.84. The molecule has 0 saturated carbocycles. The van der Waals surface area contributed by atoms with Crippen LogP contribution in [0.2, 0.25) is 0 Å². The standard InChI is InChI=1S/C8H7NO7/c10-2-4-5(9(15)16)1-3(8(13)14)6(11)7(4)12/h1,10-12H,2H2,(H,13,14). The van der Waals surface area contributed by atoms with Gasteiger partial charge in [-0.05, 0) is 0 Å². The van der Waals surface area contributed by atoms with Crippen molar-refractivity contribution in [2.75, 3.05) is 0 Å². The van der Waals surface area contributed by atoms with E-state index in [2.05, 4.69) is 0 Å². The van der Waals surface area contributed by atoms with Crippen LogP contribution in [0.15, 0.2) is 6.07 Å². The number of nitro benzene ring substituents is 1. The van der Waals surface area contributed by atoms with Gasteiger partial charge in [0.15, 0.2) is 11.5 Å². The highest BCUT2D eigenvalue weighted by molar-refractivity contribution is 5.93. The van der Waals surface area contributed by atoms with E-state index >= 15 is 0 Å². The Morgan fingerprint density at radius 1 is 1.38 bits per heavy atom. The summed E-state index contributed by atoms with van der Waals surface area (Å²) in [6, 6.07) is 0.572. The Hall–Kier alpha value is -2.35. The summed E-state index contributed by atoms with van der Waals surface area (Å²) in [5, 5.41) is 46.4. The Kier molecular flexibility index (Phi) is 2.95. The molecule has 4 N–H and O–H groups in total. The summed E-state index contributed by atoms with van der Waals surface area (Å²) >= 11 is 0. The largest absolute Gasteiger partial charge is 0.504 e. The Balaban J connectivity index is 3.62. The van der Waals surface area contributed by atoms with Gasteiger partial charge in [-0.3, -0.25) is 10.1 Å². The number of nitro groups is 1. The van der Waals surface area contributed by atoms with E-state index in [4.69, 9.17) is 10.2 Å². The van der Waals surface area contributed by atoms with Crippen LogP contribution in [-0.2, 0) is 6.61 Å². The van der Waals surface area contributed by atoms with Gasteiger partial charge < -0.3 is 20.4 Å². The molecule has 0 amide bonds. The predicted octanol–water partition coefficient (Wildman–Crippen LogP) is 0.196. The molecular weight excluding hydrogens is 222 g/mol. The maximum Gasteiger partial charge on any atom is 0.339 e. The number of phenols is 2. The predicted molar refractivity (Wildman–Crippen MR) is 49.3 cm³/mol. The molecule has 1 rings (SSSR count). The zero-order chi connectivity index (χ0) is 12.5. The van der Waals surface area contributed by atoms with E-state index in [1.165, 1.54) is 0 Å². The SMILES string of the molecule is O=C(O)c1cc([N+](=O)[O-])c(CO)c(O)c1O. The van der Waals surface area contributed by atoms with Gasteiger partial charge in [-0.25, -0.2) is 4.79 Å². The van der Waals surface area contributed by atoms with Gasteiger partial charge >= 0.3 is 5.97 Å². The molecule has 8 nitrogen and oxygen atoms in total. The molecule has 8 heteroatoms. The van der Waals surface area contributed by atoms with Crippen LogP contribution in [0.4, 0.5) is 5.69 Å². The second-order valence-corrected chi connectivity index (χ2v) is 2.84. The van der Waals surface area contributed by atoms with Gasteiger partial charge in [0.2, 0.25) is 0 Å². The average Bonchev–Trinajstić information content (AvgIpc) is 2.20. The fraction of sp³-hybridized carbons (Fsp3) is 0.125. The molecule has 0 aromatic heterocycles. The fourth-order valence-electron chi connectivity index (χ4n) is 1.17. The van der Waals surface area contributed by atoms with Gasteiger partial charge in [0.05, 0.1) is 11.5 Å². The molecule has 0 fully saturated rings. The third kappa shape index (κ3) is 1.73. The molecule has 1 aromatic carbocycles. The zero-order valence-corrected chi connectivity index (χ0v) is 7.75. The first-order valence-electron chi connectivity index (χ1n) is 3.96. The molecule has 0 bridgehead atoms. The van der Waals surface area contributed by atoms with Crippen molar-refractivity contribution in [3.05, 3.63) is 27.3 Å². The minimum Gasteiger partial charge on any atom is -0.504 e. The van der Waals surface area contributed by atoms with Crippen LogP contribution in [0.3, 0.4) is 0 Å². The summed E-state index contributed by atoms with van der Waals surface area (Å²) < 4.78 is 0. The van der Waals surface area contributed by atoms with E-state index < -0.39 is 45.8 Å². The van der Waals surface area contributed by atoms with E-state index in [9.17, 15) is 25.1 Å². The quantitative estimate of drug-likeness (QED) is 0.329. The molecular formula is C8H7NO7. The van der Waals surface area contributed by atoms with E-state index in [0.717, 1.165) is 0 Å². The lowest BCUT2D eigenvalue weighted by Gasteiger charge is -2.07. The molecule has 0 aliphatic rings. The van der Waals surface area contributed by atoms with E-state index in [0.29, 0.717) is 6.07 Å². The summed E-state index contributed by atoms with van der Waals surface area (Å²) in [6.07, 6.45) is 0. The molecule has 1 aromatic rings. The summed E-state index contributed by atoms with van der Waals surface area (Å²) in [6.45, 7) is -0.893. The van der Waals surface area contributed by atoms with E-state index in [1.54, 1.807) is 0 Å². The van der Waals surface area contributed by atoms with Gasteiger partial charge in [-0.2, -0.15) is 0 Å². The van der Waals surface area contributed by atoms with E-state index in [-0.39, 0.29) is 0 Å². The highest BCUT2D eigenvalue weighted by Crippen LogP contribution is 2.38. The van der Waals surface area contributed by atoms with Crippen molar-refractivity contribution in [1.82, 2.24) is 0 Å². The number of benzene rings is 1. The van der Waals surface area contributed by atoms with Crippen LogP contribution in [0.1, 0.15) is 15.9 Å². The Bertz CT molecular complexity index is 468. The number of hydrogen-bond acceptors (Lipinski definition) is 6. The number of aliphatic hydroxyl groups excluding tert-OH is 1. The third-order valence-corrected chi connectivity index (χ3v) is 1.94. The number of hydrogen-bond donors (Lipinski definition) is 4. The second kappa shape index (κ2) is 4.03. The number of carboxylic acid groups (broad SMARTS) is 1. The third-order valence-electron chi connectivity index (χ3n) is 1.94. The number of carboxylic acids is 1. The molecule has 0 aliphatic heterocycles. The van der Waals surface area contributed by atoms with Crippen LogP contribution in [0, 0.1) is 10.1 Å². The van der Waals surface area contributed by atoms with Crippen LogP contribution in [-0.4, -0.2) is 31.3 Å². The number of rotatable bonds is 3. The molecule has 0 radical (unpaired) electrons. The van der Waals surface area contributed by atoms with Gasteiger partial charge in [-0.1, -0.05) is 0 Å². The highest BCUT2D eigenvalue weighted by atomic mass is 16.6. The molecule has 0 saturated heterocycles. The van der Waals surface area contributed by atoms with Crippen LogP contribution in [0.5, 0.6) is 11.5 Å². The summed E-state index contributed by atoms with van der Waals surface area (Å²) in [4.78, 5) is 20.2. The number of aliphatic hydroxyl groups is 1. The molecule has 0 atom stereocenters. The lowest BCUT2D eigenvalue weighted by molar-refractivity contribution is -0.386. The van der Waals surface area contributed by atoms with Crippen LogP contribution in [0.25, 0.3) is 0 Å². The molecule has 0 heterocycles. The zero-order valence-electron chi connectivity index (χ0n) is 7.75. The smallest absolute Gasteiger partial charge is 0.339 e. The summed E-state index contributed by atoms with van der Waals surface area (Å²) in [7, 11) is 0. The molecule has 0 aliphatic carbocycles. The molecule has 0 spiro atoms. The summed E-state index contributed by atoms with van der Waals surface area (Å²) in [5.41, 5.74) is -2.11. The molecule has 0 unspecified atom stereocenters. The Morgan fingerprint density at radius 2 is 1.94 bits per heavy atom. The number of carbonyl (C=O) groups is 1. The van der Waals surface area contributed by atoms with Crippen molar-refractivity contribution in [3.8, 4) is 11.5 Å². The van der Waals surface area contributed by atoms with Gasteiger partial charge in [0, 0.05) is 6.07 Å². The highest BCUT2D eigenvalue weighted by Gasteiger charge is 2.26. The first-order chi connectivity index (χ1) is 7.40. The molecule has 16 heavy (non-hydrogen) atoms. The van der Waals surface area contributed by atoms with Crippen molar-refractivity contribution < 1.29 is 30.1 Å². The van der Waals surface area contributed by atoms with Crippen molar-refractivity contribution in [2.24, 2.45) is 0 Å². The first kappa shape index (κ1) is 11.7. The Morgan fingerprint density at radius 3 is 2.31 bits per heavy atom. The van der Waals surface area contributed by atoms with Crippen molar-refractivity contribution in [1.29, 1.82) is 0 Å². The lowest BCUT2D eigenvalue weighted by atomic mass is 10.1. The first-order valence-corrected chi connectivity index (χ1v) is 3.96. The van der Waals surface area contributed by atoms with Gasteiger partial charge in [-0.15, -0.1) is 0 Å². The fourth-order valence-corrected chi connectivity index (χ4v) is 1.17. The minimum atomic E-state index is -1.62. The monoisotopic (exact) mass is 229 g/mol. The number of nitrogens with zero attached hydrogens (tertiary/aromatic N) is 1. The summed E-state index contributed by atoms with van der Waals surface area (Å²) in [5.74, 6) is -3.64. The normalized spacial score (nSPS) is 10.1. The molecule has 86 valence electrons. The topological polar surface area (TPSA) is 141 Å². The van der Waals surface area contributed by atoms with Gasteiger partial charge in [0.1, 0.15) is 11.1 Å². The maximum absolute atomic E-state index is 10.6. The van der Waals surface area contributed by atoms with E-state index in [1.807, 2.05) is 0 Å². The van der Waals surface area contributed by atoms with Crippen molar-refractivity contribution >= 4 is 11.7 Å². The maximum atomic E-state index is 10.6. The lowest BCUT2D eigenvalue weighted by Crippen LogP contribution is -2.03. The van der Waals surface area contributed by atoms with Crippen LogP contribution >= 0.6 is 0 Å². The Labute approximate surface area is 88.2 Å². The van der Waals surface area contributed by atoms with Crippen molar-refractivity contribution in [3.63, 3.8) is 0 Å². The van der Waals surface area contributed by atoms with Crippen molar-refractivity contribution in [2.45, 2.75) is 6.61 Å². The number of aromatic hydroxyl groups is 2. The van der Waals surface area contributed by atoms with Crippen LogP contribution < -0.4 is 0 Å². The average molecular weight is 229 g/mol. The minimum absolute atomic E-state index is 0.535.